The summed E-state index contributed by atoms with van der Waals surface area (Å²) in [7, 11) is 2.08. The number of carbonyl (C=O) groups is 1. The van der Waals surface area contributed by atoms with E-state index < -0.39 is 0 Å². The number of amides is 1. The first-order chi connectivity index (χ1) is 8.91. The highest BCUT2D eigenvalue weighted by molar-refractivity contribution is 5.94. The Morgan fingerprint density at radius 2 is 2.11 bits per heavy atom. The van der Waals surface area contributed by atoms with E-state index in [0.717, 1.165) is 18.7 Å². The number of benzene rings is 1. The van der Waals surface area contributed by atoms with Crippen molar-refractivity contribution in [3.05, 3.63) is 23.8 Å². The summed E-state index contributed by atoms with van der Waals surface area (Å²) in [5.74, 6) is 0.109. The van der Waals surface area contributed by atoms with E-state index in [1.54, 1.807) is 0 Å². The SMILES string of the molecule is CN(CC(C)(C)CN)c1ccc2c(c1)CCC(=O)N2. The molecule has 3 N–H and O–H groups in total. The number of nitrogens with zero attached hydrogens (tertiary/aromatic N) is 1. The zero-order chi connectivity index (χ0) is 14.0. The summed E-state index contributed by atoms with van der Waals surface area (Å²) < 4.78 is 0. The van der Waals surface area contributed by atoms with Crippen LogP contribution in [0.15, 0.2) is 18.2 Å². The quantitative estimate of drug-likeness (QED) is 0.871. The smallest absolute Gasteiger partial charge is 0.224 e. The van der Waals surface area contributed by atoms with E-state index in [1.807, 2.05) is 6.07 Å². The summed E-state index contributed by atoms with van der Waals surface area (Å²) in [6.07, 6.45) is 1.40. The molecule has 0 spiro atoms. The number of aryl methyl sites for hydroxylation is 1. The van der Waals surface area contributed by atoms with E-state index in [4.69, 9.17) is 5.73 Å². The number of rotatable bonds is 4. The maximum Gasteiger partial charge on any atom is 0.224 e. The van der Waals surface area contributed by atoms with Crippen molar-refractivity contribution in [3.8, 4) is 0 Å². The minimum Gasteiger partial charge on any atom is -0.374 e. The van der Waals surface area contributed by atoms with Crippen molar-refractivity contribution >= 4 is 17.3 Å². The van der Waals surface area contributed by atoms with E-state index in [9.17, 15) is 4.79 Å². The first kappa shape index (κ1) is 13.9. The van der Waals surface area contributed by atoms with Crippen molar-refractivity contribution < 1.29 is 4.79 Å². The second-order valence-electron chi connectivity index (χ2n) is 6.11. The van der Waals surface area contributed by atoms with Gasteiger partial charge in [0.25, 0.3) is 0 Å². The summed E-state index contributed by atoms with van der Waals surface area (Å²) in [6, 6.07) is 6.21. The lowest BCUT2D eigenvalue weighted by Gasteiger charge is -2.31. The molecular formula is C15H23N3O. The predicted molar refractivity (Wildman–Crippen MR) is 79.5 cm³/mol. The molecule has 1 aromatic carbocycles. The molecule has 0 saturated heterocycles. The van der Waals surface area contributed by atoms with Crippen LogP contribution in [0.2, 0.25) is 0 Å². The zero-order valence-corrected chi connectivity index (χ0v) is 12.0. The Kier molecular flexibility index (Phi) is 3.80. The van der Waals surface area contributed by atoms with E-state index in [1.165, 1.54) is 11.3 Å². The Morgan fingerprint density at radius 1 is 1.37 bits per heavy atom. The summed E-state index contributed by atoms with van der Waals surface area (Å²) in [5.41, 5.74) is 9.23. The van der Waals surface area contributed by atoms with Gasteiger partial charge >= 0.3 is 0 Å². The van der Waals surface area contributed by atoms with Gasteiger partial charge in [-0.1, -0.05) is 13.8 Å². The maximum absolute atomic E-state index is 11.3. The summed E-state index contributed by atoms with van der Waals surface area (Å²) in [6.45, 7) is 5.91. The molecule has 4 heteroatoms. The van der Waals surface area contributed by atoms with Crippen molar-refractivity contribution in [2.24, 2.45) is 11.1 Å². The van der Waals surface area contributed by atoms with Crippen LogP contribution in [0, 0.1) is 5.41 Å². The van der Waals surface area contributed by atoms with E-state index in [-0.39, 0.29) is 11.3 Å². The molecule has 2 rings (SSSR count). The second-order valence-corrected chi connectivity index (χ2v) is 6.11. The number of hydrogen-bond acceptors (Lipinski definition) is 3. The summed E-state index contributed by atoms with van der Waals surface area (Å²) in [4.78, 5) is 13.6. The molecule has 1 heterocycles. The van der Waals surface area contributed by atoms with Gasteiger partial charge in [0.2, 0.25) is 5.91 Å². The van der Waals surface area contributed by atoms with Crippen LogP contribution in [0.1, 0.15) is 25.8 Å². The summed E-state index contributed by atoms with van der Waals surface area (Å²) in [5, 5.41) is 2.91. The molecule has 0 radical (unpaired) electrons. The van der Waals surface area contributed by atoms with Crippen LogP contribution in [-0.2, 0) is 11.2 Å². The van der Waals surface area contributed by atoms with Gasteiger partial charge in [0, 0.05) is 31.4 Å². The molecule has 4 nitrogen and oxygen atoms in total. The van der Waals surface area contributed by atoms with E-state index >= 15 is 0 Å². The Hall–Kier alpha value is -1.55. The van der Waals surface area contributed by atoms with Crippen molar-refractivity contribution in [2.75, 3.05) is 30.4 Å². The van der Waals surface area contributed by atoms with Crippen LogP contribution in [0.25, 0.3) is 0 Å². The van der Waals surface area contributed by atoms with Crippen LogP contribution >= 0.6 is 0 Å². The standard InChI is InChI=1S/C15H23N3O/c1-15(2,9-16)10-18(3)12-5-6-13-11(8-12)4-7-14(19)17-13/h5-6,8H,4,7,9-10,16H2,1-3H3,(H,17,19). The lowest BCUT2D eigenvalue weighted by molar-refractivity contribution is -0.116. The number of nitrogens with one attached hydrogen (secondary N) is 1. The number of carbonyl (C=O) groups excluding carboxylic acids is 1. The predicted octanol–water partition coefficient (Wildman–Crippen LogP) is 1.99. The third-order valence-electron chi connectivity index (χ3n) is 3.64. The second kappa shape index (κ2) is 5.21. The minimum atomic E-state index is 0.0961. The Bertz CT molecular complexity index is 482. The molecule has 1 aliphatic rings. The Morgan fingerprint density at radius 3 is 2.79 bits per heavy atom. The fraction of sp³-hybridized carbons (Fsp3) is 0.533. The molecule has 0 aromatic heterocycles. The molecule has 0 unspecified atom stereocenters. The van der Waals surface area contributed by atoms with Crippen LogP contribution in [0.5, 0.6) is 0 Å². The van der Waals surface area contributed by atoms with Crippen LogP contribution in [-0.4, -0.2) is 26.0 Å². The van der Waals surface area contributed by atoms with Gasteiger partial charge in [0.1, 0.15) is 0 Å². The number of anilines is 2. The van der Waals surface area contributed by atoms with Crippen LogP contribution < -0.4 is 16.0 Å². The van der Waals surface area contributed by atoms with Gasteiger partial charge < -0.3 is 16.0 Å². The minimum absolute atomic E-state index is 0.0961. The van der Waals surface area contributed by atoms with E-state index in [0.29, 0.717) is 13.0 Å². The normalized spacial score (nSPS) is 14.8. The lowest BCUT2D eigenvalue weighted by atomic mass is 9.93. The summed E-state index contributed by atoms with van der Waals surface area (Å²) >= 11 is 0. The van der Waals surface area contributed by atoms with Gasteiger partial charge in [-0.3, -0.25) is 4.79 Å². The zero-order valence-electron chi connectivity index (χ0n) is 12.0. The molecule has 0 fully saturated rings. The first-order valence-electron chi connectivity index (χ1n) is 6.75. The monoisotopic (exact) mass is 261 g/mol. The molecule has 0 aliphatic carbocycles. The number of nitrogens with two attached hydrogens (primary N) is 1. The molecule has 0 atom stereocenters. The molecular weight excluding hydrogens is 238 g/mol. The van der Waals surface area contributed by atoms with Gasteiger partial charge in [-0.25, -0.2) is 0 Å². The Labute approximate surface area is 115 Å². The largest absolute Gasteiger partial charge is 0.374 e. The third-order valence-corrected chi connectivity index (χ3v) is 3.64. The Balaban J connectivity index is 2.16. The highest BCUT2D eigenvalue weighted by Crippen LogP contribution is 2.28. The first-order valence-corrected chi connectivity index (χ1v) is 6.75. The average Bonchev–Trinajstić information content (AvgIpc) is 2.37. The van der Waals surface area contributed by atoms with Crippen molar-refractivity contribution in [1.29, 1.82) is 0 Å². The van der Waals surface area contributed by atoms with Crippen molar-refractivity contribution in [3.63, 3.8) is 0 Å². The number of hydrogen-bond donors (Lipinski definition) is 2. The molecule has 0 bridgehead atoms. The van der Waals surface area contributed by atoms with Gasteiger partial charge in [-0.2, -0.15) is 0 Å². The van der Waals surface area contributed by atoms with Crippen molar-refractivity contribution in [2.45, 2.75) is 26.7 Å². The highest BCUT2D eigenvalue weighted by atomic mass is 16.1. The lowest BCUT2D eigenvalue weighted by Crippen LogP contribution is -2.36. The van der Waals surface area contributed by atoms with Gasteiger partial charge in [-0.15, -0.1) is 0 Å². The molecule has 19 heavy (non-hydrogen) atoms. The number of fused-ring (bicyclic) bond motifs is 1. The van der Waals surface area contributed by atoms with Crippen molar-refractivity contribution in [1.82, 2.24) is 0 Å². The molecule has 1 aliphatic heterocycles. The third kappa shape index (κ3) is 3.26. The molecule has 104 valence electrons. The maximum atomic E-state index is 11.3. The van der Waals surface area contributed by atoms with Gasteiger partial charge in [0.15, 0.2) is 0 Å². The molecule has 0 saturated carbocycles. The van der Waals surface area contributed by atoms with E-state index in [2.05, 4.69) is 43.2 Å². The van der Waals surface area contributed by atoms with Crippen LogP contribution in [0.4, 0.5) is 11.4 Å². The van der Waals surface area contributed by atoms with Gasteiger partial charge in [-0.05, 0) is 42.1 Å². The van der Waals surface area contributed by atoms with Gasteiger partial charge in [0.05, 0.1) is 0 Å². The fourth-order valence-electron chi connectivity index (χ4n) is 2.41. The fourth-order valence-corrected chi connectivity index (χ4v) is 2.41. The average molecular weight is 261 g/mol. The topological polar surface area (TPSA) is 58.4 Å². The van der Waals surface area contributed by atoms with Crippen LogP contribution in [0.3, 0.4) is 0 Å². The molecule has 1 amide bonds. The molecule has 1 aromatic rings. The highest BCUT2D eigenvalue weighted by Gasteiger charge is 2.20.